The summed E-state index contributed by atoms with van der Waals surface area (Å²) in [5.74, 6) is 0.858. The molecule has 1 aliphatic rings. The predicted molar refractivity (Wildman–Crippen MR) is 82.9 cm³/mol. The van der Waals surface area contributed by atoms with Crippen LogP contribution in [0.15, 0.2) is 30.3 Å². The van der Waals surface area contributed by atoms with Crippen LogP contribution in [0.5, 0.6) is 0 Å². The van der Waals surface area contributed by atoms with Crippen molar-refractivity contribution in [3.63, 3.8) is 0 Å². The van der Waals surface area contributed by atoms with Gasteiger partial charge in [0, 0.05) is 18.7 Å². The van der Waals surface area contributed by atoms with Gasteiger partial charge in [0.25, 0.3) is 5.91 Å². The van der Waals surface area contributed by atoms with Gasteiger partial charge in [-0.05, 0) is 37.3 Å². The van der Waals surface area contributed by atoms with Crippen molar-refractivity contribution in [1.82, 2.24) is 10.2 Å². The monoisotopic (exact) mass is 288 g/mol. The molecular formula is C17H24N2O2. The van der Waals surface area contributed by atoms with Gasteiger partial charge in [-0.25, -0.2) is 0 Å². The van der Waals surface area contributed by atoms with E-state index in [1.165, 1.54) is 0 Å². The van der Waals surface area contributed by atoms with Crippen LogP contribution in [-0.4, -0.2) is 35.8 Å². The van der Waals surface area contributed by atoms with Crippen LogP contribution in [0, 0.1) is 11.8 Å². The molecule has 1 aromatic rings. The summed E-state index contributed by atoms with van der Waals surface area (Å²) < 4.78 is 0. The molecular weight excluding hydrogens is 264 g/mol. The Labute approximate surface area is 126 Å². The van der Waals surface area contributed by atoms with Crippen LogP contribution in [0.4, 0.5) is 0 Å². The molecule has 3 unspecified atom stereocenters. The van der Waals surface area contributed by atoms with Crippen LogP contribution in [-0.2, 0) is 4.79 Å². The average molecular weight is 288 g/mol. The van der Waals surface area contributed by atoms with Crippen LogP contribution in [0.2, 0.25) is 0 Å². The minimum atomic E-state index is -0.491. The van der Waals surface area contributed by atoms with Gasteiger partial charge in [-0.3, -0.25) is 9.59 Å². The fraction of sp³-hybridized carbons (Fsp3) is 0.529. The summed E-state index contributed by atoms with van der Waals surface area (Å²) in [5, 5.41) is 2.79. The topological polar surface area (TPSA) is 49.4 Å². The molecule has 1 heterocycles. The Balaban J connectivity index is 1.95. The number of nitrogens with zero attached hydrogens (tertiary/aromatic N) is 1. The van der Waals surface area contributed by atoms with E-state index < -0.39 is 6.04 Å². The maximum Gasteiger partial charge on any atom is 0.251 e. The Morgan fingerprint density at radius 1 is 1.14 bits per heavy atom. The fourth-order valence-corrected chi connectivity index (χ4v) is 3.05. The van der Waals surface area contributed by atoms with Crippen LogP contribution in [0.25, 0.3) is 0 Å². The lowest BCUT2D eigenvalue weighted by Crippen LogP contribution is -2.51. The highest BCUT2D eigenvalue weighted by atomic mass is 16.2. The van der Waals surface area contributed by atoms with Gasteiger partial charge in [0.15, 0.2) is 0 Å². The summed E-state index contributed by atoms with van der Waals surface area (Å²) in [5.41, 5.74) is 0.581. The van der Waals surface area contributed by atoms with Gasteiger partial charge in [0.05, 0.1) is 0 Å². The van der Waals surface area contributed by atoms with Crippen molar-refractivity contribution in [3.8, 4) is 0 Å². The molecule has 0 radical (unpaired) electrons. The first-order chi connectivity index (χ1) is 9.97. The molecule has 2 amide bonds. The lowest BCUT2D eigenvalue weighted by Gasteiger charge is -2.36. The third-order valence-electron chi connectivity index (χ3n) is 3.93. The van der Waals surface area contributed by atoms with Gasteiger partial charge in [-0.2, -0.15) is 0 Å². The molecule has 0 spiro atoms. The second kappa shape index (κ2) is 6.74. The summed E-state index contributed by atoms with van der Waals surface area (Å²) >= 11 is 0. The zero-order chi connectivity index (χ0) is 15.4. The normalized spacial score (nSPS) is 23.5. The van der Waals surface area contributed by atoms with Gasteiger partial charge in [-0.15, -0.1) is 0 Å². The minimum Gasteiger partial charge on any atom is -0.341 e. The first-order valence-electron chi connectivity index (χ1n) is 7.62. The van der Waals surface area contributed by atoms with Crippen LogP contribution in [0.1, 0.15) is 37.6 Å². The van der Waals surface area contributed by atoms with Crippen molar-refractivity contribution in [2.24, 2.45) is 11.8 Å². The van der Waals surface area contributed by atoms with Crippen LogP contribution >= 0.6 is 0 Å². The molecule has 1 fully saturated rings. The van der Waals surface area contributed by atoms with E-state index in [1.54, 1.807) is 19.1 Å². The SMILES string of the molecule is CC1CC(C)CN(C(=O)C(C)NC(=O)c2ccccc2)C1. The second-order valence-corrected chi connectivity index (χ2v) is 6.25. The predicted octanol–water partition coefficient (Wildman–Crippen LogP) is 2.31. The van der Waals surface area contributed by atoms with Crippen molar-refractivity contribution in [2.75, 3.05) is 13.1 Å². The molecule has 1 aliphatic heterocycles. The highest BCUT2D eigenvalue weighted by Crippen LogP contribution is 2.21. The second-order valence-electron chi connectivity index (χ2n) is 6.25. The molecule has 0 aliphatic carbocycles. The highest BCUT2D eigenvalue weighted by molar-refractivity contribution is 5.97. The van der Waals surface area contributed by atoms with Gasteiger partial charge in [0.1, 0.15) is 6.04 Å². The van der Waals surface area contributed by atoms with Crippen molar-refractivity contribution in [1.29, 1.82) is 0 Å². The first kappa shape index (κ1) is 15.5. The molecule has 4 heteroatoms. The zero-order valence-electron chi connectivity index (χ0n) is 13.0. The van der Waals surface area contributed by atoms with E-state index in [2.05, 4.69) is 19.2 Å². The Morgan fingerprint density at radius 2 is 1.71 bits per heavy atom. The van der Waals surface area contributed by atoms with Crippen molar-refractivity contribution >= 4 is 11.8 Å². The molecule has 3 atom stereocenters. The molecule has 0 bridgehead atoms. The minimum absolute atomic E-state index is 0.0117. The lowest BCUT2D eigenvalue weighted by molar-refractivity contribution is -0.135. The number of nitrogens with one attached hydrogen (secondary N) is 1. The number of carbonyl (C=O) groups excluding carboxylic acids is 2. The molecule has 114 valence electrons. The van der Waals surface area contributed by atoms with E-state index in [0.717, 1.165) is 19.5 Å². The molecule has 0 saturated carbocycles. The zero-order valence-corrected chi connectivity index (χ0v) is 13.0. The summed E-state index contributed by atoms with van der Waals surface area (Å²) in [6.07, 6.45) is 1.16. The number of carbonyl (C=O) groups is 2. The van der Waals surface area contributed by atoms with E-state index in [9.17, 15) is 9.59 Å². The molecule has 4 nitrogen and oxygen atoms in total. The fourth-order valence-electron chi connectivity index (χ4n) is 3.05. The largest absolute Gasteiger partial charge is 0.341 e. The number of likely N-dealkylation sites (tertiary alicyclic amines) is 1. The molecule has 1 N–H and O–H groups in total. The maximum absolute atomic E-state index is 12.5. The van der Waals surface area contributed by atoms with E-state index in [4.69, 9.17) is 0 Å². The van der Waals surface area contributed by atoms with E-state index in [0.29, 0.717) is 17.4 Å². The quantitative estimate of drug-likeness (QED) is 0.928. The Morgan fingerprint density at radius 3 is 2.29 bits per heavy atom. The number of rotatable bonds is 3. The van der Waals surface area contributed by atoms with Gasteiger partial charge >= 0.3 is 0 Å². The highest BCUT2D eigenvalue weighted by Gasteiger charge is 2.28. The number of benzene rings is 1. The third-order valence-corrected chi connectivity index (χ3v) is 3.93. The molecule has 0 aromatic heterocycles. The van der Waals surface area contributed by atoms with Crippen molar-refractivity contribution in [2.45, 2.75) is 33.2 Å². The summed E-state index contributed by atoms with van der Waals surface area (Å²) in [7, 11) is 0. The summed E-state index contributed by atoms with van der Waals surface area (Å²) in [4.78, 5) is 26.4. The third kappa shape index (κ3) is 4.06. The van der Waals surface area contributed by atoms with Gasteiger partial charge in [-0.1, -0.05) is 32.0 Å². The number of amides is 2. The first-order valence-corrected chi connectivity index (χ1v) is 7.62. The van der Waals surface area contributed by atoms with Crippen LogP contribution in [0.3, 0.4) is 0 Å². The van der Waals surface area contributed by atoms with Gasteiger partial charge in [0.2, 0.25) is 5.91 Å². The standard InChI is InChI=1S/C17H24N2O2/c1-12-9-13(2)11-19(10-12)17(21)14(3)18-16(20)15-7-5-4-6-8-15/h4-8,12-14H,9-11H2,1-3H3,(H,18,20). The Hall–Kier alpha value is -1.84. The number of piperidine rings is 1. The van der Waals surface area contributed by atoms with Crippen molar-refractivity contribution in [3.05, 3.63) is 35.9 Å². The number of hydrogen-bond acceptors (Lipinski definition) is 2. The summed E-state index contributed by atoms with van der Waals surface area (Å²) in [6, 6.07) is 8.50. The lowest BCUT2D eigenvalue weighted by atomic mass is 9.91. The summed E-state index contributed by atoms with van der Waals surface area (Å²) in [6.45, 7) is 7.67. The maximum atomic E-state index is 12.5. The molecule has 21 heavy (non-hydrogen) atoms. The molecule has 1 saturated heterocycles. The molecule has 1 aromatic carbocycles. The average Bonchev–Trinajstić information content (AvgIpc) is 2.46. The Bertz CT molecular complexity index is 491. The Kier molecular flexibility index (Phi) is 4.99. The van der Waals surface area contributed by atoms with E-state index in [1.807, 2.05) is 23.1 Å². The van der Waals surface area contributed by atoms with Gasteiger partial charge < -0.3 is 10.2 Å². The van der Waals surface area contributed by atoms with Crippen LogP contribution < -0.4 is 5.32 Å². The number of hydrogen-bond donors (Lipinski definition) is 1. The van der Waals surface area contributed by atoms with E-state index in [-0.39, 0.29) is 11.8 Å². The molecule has 2 rings (SSSR count). The van der Waals surface area contributed by atoms with E-state index >= 15 is 0 Å². The smallest absolute Gasteiger partial charge is 0.251 e. The van der Waals surface area contributed by atoms with Crippen molar-refractivity contribution < 1.29 is 9.59 Å².